The minimum Gasteiger partial charge on any atom is -0.493 e. The number of anilines is 1. The van der Waals surface area contributed by atoms with Crippen molar-refractivity contribution in [3.8, 4) is 5.75 Å². The number of carbonyl (C=O) groups is 3. The first-order valence-electron chi connectivity index (χ1n) is 12.0. The molecule has 0 N–H and O–H groups in total. The molecule has 37 heavy (non-hydrogen) atoms. The normalized spacial score (nSPS) is 15.7. The van der Waals surface area contributed by atoms with E-state index in [-0.39, 0.29) is 19.1 Å². The van der Waals surface area contributed by atoms with Gasteiger partial charge in [0.25, 0.3) is 0 Å². The number of esters is 2. The molecule has 0 radical (unpaired) electrons. The smallest absolute Gasteiger partial charge is 0.414 e. The zero-order chi connectivity index (χ0) is 26.9. The number of rotatable bonds is 6. The van der Waals surface area contributed by atoms with Crippen molar-refractivity contribution in [2.24, 2.45) is 0 Å². The van der Waals surface area contributed by atoms with Crippen LogP contribution >= 0.6 is 0 Å². The van der Waals surface area contributed by atoms with Crippen LogP contribution in [-0.4, -0.2) is 43.9 Å². The molecule has 1 amide bonds. The second kappa shape index (κ2) is 10.2. The lowest BCUT2D eigenvalue weighted by atomic mass is 9.96. The van der Waals surface area contributed by atoms with Gasteiger partial charge in [0, 0.05) is 36.4 Å². The van der Waals surface area contributed by atoms with Gasteiger partial charge in [-0.3, -0.25) is 9.69 Å². The van der Waals surface area contributed by atoms with Gasteiger partial charge in [-0.1, -0.05) is 30.3 Å². The average molecular weight is 510 g/mol. The van der Waals surface area contributed by atoms with Crippen LogP contribution in [0.25, 0.3) is 11.0 Å². The molecule has 0 unspecified atom stereocenters. The van der Waals surface area contributed by atoms with Gasteiger partial charge < -0.3 is 23.4 Å². The highest BCUT2D eigenvalue weighted by molar-refractivity contribution is 6.01. The Bertz CT molecular complexity index is 1320. The molecular weight excluding hydrogens is 478 g/mol. The minimum atomic E-state index is -1.20. The zero-order valence-electron chi connectivity index (χ0n) is 21.8. The van der Waals surface area contributed by atoms with Crippen molar-refractivity contribution in [2.45, 2.75) is 52.2 Å². The zero-order valence-corrected chi connectivity index (χ0v) is 21.8. The number of methoxy groups -OCH3 is 1. The topological polar surface area (TPSA) is 105 Å². The fourth-order valence-corrected chi connectivity index (χ4v) is 4.48. The second-order valence-corrected chi connectivity index (χ2v) is 9.95. The van der Waals surface area contributed by atoms with Gasteiger partial charge in [0.1, 0.15) is 12.2 Å². The minimum absolute atomic E-state index is 0.0538. The van der Waals surface area contributed by atoms with Crippen molar-refractivity contribution in [2.75, 3.05) is 25.2 Å². The Hall–Kier alpha value is -4.01. The lowest BCUT2D eigenvalue weighted by molar-refractivity contribution is -0.167. The van der Waals surface area contributed by atoms with E-state index in [0.717, 1.165) is 16.5 Å². The first-order valence-corrected chi connectivity index (χ1v) is 12.0. The van der Waals surface area contributed by atoms with E-state index >= 15 is 0 Å². The molecule has 0 aliphatic carbocycles. The summed E-state index contributed by atoms with van der Waals surface area (Å²) < 4.78 is 27.9. The number of aryl methyl sites for hydroxylation is 1. The van der Waals surface area contributed by atoms with Crippen molar-refractivity contribution in [1.29, 1.82) is 0 Å². The largest absolute Gasteiger partial charge is 0.493 e. The molecule has 196 valence electrons. The molecule has 0 spiro atoms. The van der Waals surface area contributed by atoms with Crippen molar-refractivity contribution in [3.05, 3.63) is 59.4 Å². The molecule has 4 rings (SSSR count). The highest BCUT2D eigenvalue weighted by Gasteiger charge is 2.39. The predicted molar refractivity (Wildman–Crippen MR) is 136 cm³/mol. The predicted octanol–water partition coefficient (Wildman–Crippen LogP) is 5.44. The van der Waals surface area contributed by atoms with Gasteiger partial charge in [-0.05, 0) is 38.8 Å². The number of amides is 1. The molecule has 0 bridgehead atoms. The molecule has 1 aliphatic rings. The number of hydrogen-bond donors (Lipinski definition) is 0. The maximum absolute atomic E-state index is 13.2. The Morgan fingerprint density at radius 2 is 1.86 bits per heavy atom. The molecule has 0 saturated heterocycles. The molecule has 0 fully saturated rings. The van der Waals surface area contributed by atoms with Crippen LogP contribution in [-0.2, 0) is 23.8 Å². The third-order valence-electron chi connectivity index (χ3n) is 5.97. The van der Waals surface area contributed by atoms with Crippen LogP contribution < -0.4 is 9.64 Å². The maximum Gasteiger partial charge on any atom is 0.414 e. The standard InChI is InChI=1S/C28H31NO8/c1-16-14-34-25-21(33-6)12-20-23(22(16)25)19(13-29(20)27(32)37-28(3,4)5)15-35-26(31)24(36-17(2)30)18-10-8-7-9-11-18/h7-12,14,19,24H,13,15H2,1-6H3/t19-,24-/m1/s1. The van der Waals surface area contributed by atoms with Crippen molar-refractivity contribution in [3.63, 3.8) is 0 Å². The van der Waals surface area contributed by atoms with Gasteiger partial charge >= 0.3 is 18.0 Å². The monoisotopic (exact) mass is 509 g/mol. The summed E-state index contributed by atoms with van der Waals surface area (Å²) in [5, 5.41) is 0.793. The molecule has 1 aromatic heterocycles. The molecule has 0 saturated carbocycles. The summed E-state index contributed by atoms with van der Waals surface area (Å²) in [4.78, 5) is 39.5. The number of benzene rings is 2. The van der Waals surface area contributed by atoms with Crippen LogP contribution in [0.1, 0.15) is 56.4 Å². The van der Waals surface area contributed by atoms with Crippen LogP contribution in [0.15, 0.2) is 47.1 Å². The average Bonchev–Trinajstić information content (AvgIpc) is 3.40. The van der Waals surface area contributed by atoms with Crippen LogP contribution in [0.4, 0.5) is 10.5 Å². The highest BCUT2D eigenvalue weighted by atomic mass is 16.6. The van der Waals surface area contributed by atoms with E-state index in [1.54, 1.807) is 63.4 Å². The van der Waals surface area contributed by atoms with Crippen LogP contribution in [0.5, 0.6) is 5.75 Å². The Labute approximate surface area is 215 Å². The number of carbonyl (C=O) groups excluding carboxylic acids is 3. The number of furan rings is 1. The third-order valence-corrected chi connectivity index (χ3v) is 5.97. The third kappa shape index (κ3) is 5.40. The fourth-order valence-electron chi connectivity index (χ4n) is 4.48. The van der Waals surface area contributed by atoms with Crippen LogP contribution in [0.2, 0.25) is 0 Å². The lowest BCUT2D eigenvalue weighted by Gasteiger charge is -2.25. The van der Waals surface area contributed by atoms with Gasteiger partial charge in [0.15, 0.2) is 11.3 Å². The summed E-state index contributed by atoms with van der Waals surface area (Å²) in [5.74, 6) is -1.21. The van der Waals surface area contributed by atoms with Crippen molar-refractivity contribution >= 4 is 34.7 Å². The molecule has 9 nitrogen and oxygen atoms in total. The Morgan fingerprint density at radius 3 is 2.49 bits per heavy atom. The highest BCUT2D eigenvalue weighted by Crippen LogP contribution is 2.47. The lowest BCUT2D eigenvalue weighted by Crippen LogP contribution is -2.36. The number of ether oxygens (including phenoxy) is 4. The van der Waals surface area contributed by atoms with E-state index in [4.69, 9.17) is 23.4 Å². The quantitative estimate of drug-likeness (QED) is 0.320. The molecule has 2 atom stereocenters. The second-order valence-electron chi connectivity index (χ2n) is 9.95. The molecular formula is C28H31NO8. The summed E-state index contributed by atoms with van der Waals surface area (Å²) >= 11 is 0. The van der Waals surface area contributed by atoms with Crippen molar-refractivity contribution in [1.82, 2.24) is 0 Å². The fraction of sp³-hybridized carbons (Fsp3) is 0.393. The van der Waals surface area contributed by atoms with Gasteiger partial charge in [-0.25, -0.2) is 9.59 Å². The van der Waals surface area contributed by atoms with E-state index in [1.807, 2.05) is 6.92 Å². The van der Waals surface area contributed by atoms with E-state index in [0.29, 0.717) is 22.6 Å². The summed E-state index contributed by atoms with van der Waals surface area (Å²) in [6.45, 7) is 8.69. The Kier molecular flexibility index (Phi) is 7.16. The number of hydrogen-bond acceptors (Lipinski definition) is 8. The maximum atomic E-state index is 13.2. The van der Waals surface area contributed by atoms with E-state index in [2.05, 4.69) is 0 Å². The Balaban J connectivity index is 1.68. The molecule has 3 aromatic rings. The van der Waals surface area contributed by atoms with E-state index in [1.165, 1.54) is 18.9 Å². The first-order chi connectivity index (χ1) is 17.5. The summed E-state index contributed by atoms with van der Waals surface area (Å²) in [7, 11) is 1.53. The van der Waals surface area contributed by atoms with E-state index in [9.17, 15) is 14.4 Å². The summed E-state index contributed by atoms with van der Waals surface area (Å²) in [6.07, 6.45) is -0.0981. The molecule has 2 aromatic carbocycles. The van der Waals surface area contributed by atoms with Crippen molar-refractivity contribution < 1.29 is 37.7 Å². The number of nitrogens with zero attached hydrogens (tertiary/aromatic N) is 1. The molecule has 1 aliphatic heterocycles. The first kappa shape index (κ1) is 26.1. The van der Waals surface area contributed by atoms with Crippen LogP contribution in [0, 0.1) is 6.92 Å². The SMILES string of the molecule is COc1cc2c(c3c(C)coc13)[C@@H](COC(=O)[C@H](OC(C)=O)c1ccccc1)CN2C(=O)OC(C)(C)C. The molecule has 2 heterocycles. The van der Waals surface area contributed by atoms with Gasteiger partial charge in [-0.2, -0.15) is 0 Å². The summed E-state index contributed by atoms with van der Waals surface area (Å²) in [5.41, 5.74) is 2.60. The van der Waals surface area contributed by atoms with E-state index < -0.39 is 29.7 Å². The van der Waals surface area contributed by atoms with Crippen LogP contribution in [0.3, 0.4) is 0 Å². The van der Waals surface area contributed by atoms with Gasteiger partial charge in [-0.15, -0.1) is 0 Å². The molecule has 9 heteroatoms. The Morgan fingerprint density at radius 1 is 1.16 bits per heavy atom. The number of fused-ring (bicyclic) bond motifs is 3. The summed E-state index contributed by atoms with van der Waals surface area (Å²) in [6, 6.07) is 10.4. The van der Waals surface area contributed by atoms with Gasteiger partial charge in [0.2, 0.25) is 6.10 Å². The van der Waals surface area contributed by atoms with Gasteiger partial charge in [0.05, 0.1) is 19.1 Å².